The third-order valence-corrected chi connectivity index (χ3v) is 5.62. The van der Waals surface area contributed by atoms with Crippen molar-refractivity contribution in [3.63, 3.8) is 0 Å². The van der Waals surface area contributed by atoms with Crippen LogP contribution in [0.2, 0.25) is 0 Å². The number of piperidine rings is 1. The van der Waals surface area contributed by atoms with Gasteiger partial charge in [-0.3, -0.25) is 0 Å². The lowest BCUT2D eigenvalue weighted by Gasteiger charge is -2.31. The molecule has 1 aromatic carbocycles. The first-order valence-electron chi connectivity index (χ1n) is 7.30. The van der Waals surface area contributed by atoms with E-state index in [1.807, 2.05) is 6.92 Å². The van der Waals surface area contributed by atoms with Crippen LogP contribution >= 0.6 is 0 Å². The van der Waals surface area contributed by atoms with Crippen molar-refractivity contribution in [2.24, 2.45) is 5.92 Å². The van der Waals surface area contributed by atoms with Gasteiger partial charge in [0.1, 0.15) is 5.75 Å². The Kier molecular flexibility index (Phi) is 5.61. The van der Waals surface area contributed by atoms with Gasteiger partial charge in [0.05, 0.1) is 18.6 Å². The number of methoxy groups -OCH3 is 1. The molecule has 118 valence electrons. The lowest BCUT2D eigenvalue weighted by Crippen LogP contribution is -2.41. The molecule has 0 bridgehead atoms. The molecule has 1 atom stereocenters. The summed E-state index contributed by atoms with van der Waals surface area (Å²) in [6.07, 6.45) is 1.90. The number of rotatable bonds is 6. The minimum absolute atomic E-state index is 0.284. The molecule has 1 fully saturated rings. The van der Waals surface area contributed by atoms with Gasteiger partial charge in [-0.15, -0.1) is 0 Å². The Morgan fingerprint density at radius 1 is 1.29 bits per heavy atom. The van der Waals surface area contributed by atoms with Gasteiger partial charge in [-0.05, 0) is 49.9 Å². The molecule has 0 amide bonds. The Balaban J connectivity index is 2.10. The average Bonchev–Trinajstić information content (AvgIpc) is 2.53. The summed E-state index contributed by atoms with van der Waals surface area (Å²) >= 11 is 0. The van der Waals surface area contributed by atoms with Crippen molar-refractivity contribution in [3.8, 4) is 5.75 Å². The fourth-order valence-corrected chi connectivity index (χ4v) is 4.12. The number of hydrogen-bond acceptors (Lipinski definition) is 4. The van der Waals surface area contributed by atoms with E-state index in [4.69, 9.17) is 9.47 Å². The highest BCUT2D eigenvalue weighted by molar-refractivity contribution is 7.89. The normalized spacial score (nSPS) is 20.4. The molecule has 1 heterocycles. The summed E-state index contributed by atoms with van der Waals surface area (Å²) in [5.74, 6) is 0.938. The van der Waals surface area contributed by atoms with E-state index in [0.717, 1.165) is 12.8 Å². The number of hydrogen-bond donors (Lipinski definition) is 0. The molecular weight excluding hydrogens is 290 g/mol. The van der Waals surface area contributed by atoms with Crippen molar-refractivity contribution >= 4 is 10.0 Å². The third-order valence-electron chi connectivity index (χ3n) is 3.74. The molecule has 5 nitrogen and oxygen atoms in total. The summed E-state index contributed by atoms with van der Waals surface area (Å²) in [5, 5.41) is 0. The summed E-state index contributed by atoms with van der Waals surface area (Å²) in [6, 6.07) is 6.55. The van der Waals surface area contributed by atoms with Crippen LogP contribution < -0.4 is 4.74 Å². The van der Waals surface area contributed by atoms with Crippen LogP contribution in [0.1, 0.15) is 19.8 Å². The van der Waals surface area contributed by atoms with Gasteiger partial charge in [0.25, 0.3) is 0 Å². The topological polar surface area (TPSA) is 55.8 Å². The number of nitrogens with zero attached hydrogens (tertiary/aromatic N) is 1. The summed E-state index contributed by atoms with van der Waals surface area (Å²) < 4.78 is 37.4. The first kappa shape index (κ1) is 16.3. The summed E-state index contributed by atoms with van der Waals surface area (Å²) in [5.41, 5.74) is 0. The molecule has 6 heteroatoms. The first-order chi connectivity index (χ1) is 10.1. The van der Waals surface area contributed by atoms with Gasteiger partial charge in [0.15, 0.2) is 0 Å². The van der Waals surface area contributed by atoms with Gasteiger partial charge >= 0.3 is 0 Å². The van der Waals surface area contributed by atoms with E-state index < -0.39 is 10.0 Å². The van der Waals surface area contributed by atoms with Crippen molar-refractivity contribution in [2.45, 2.75) is 24.7 Å². The fourth-order valence-electron chi connectivity index (χ4n) is 2.56. The van der Waals surface area contributed by atoms with E-state index in [0.29, 0.717) is 36.9 Å². The molecule has 0 saturated carbocycles. The van der Waals surface area contributed by atoms with Crippen molar-refractivity contribution in [1.29, 1.82) is 0 Å². The highest BCUT2D eigenvalue weighted by Crippen LogP contribution is 2.25. The maximum atomic E-state index is 12.7. The zero-order valence-corrected chi connectivity index (χ0v) is 13.4. The third kappa shape index (κ3) is 3.96. The van der Waals surface area contributed by atoms with E-state index >= 15 is 0 Å². The Labute approximate surface area is 126 Å². The van der Waals surface area contributed by atoms with Crippen LogP contribution in [0, 0.1) is 5.92 Å². The van der Waals surface area contributed by atoms with Crippen LogP contribution in [-0.4, -0.2) is 46.1 Å². The number of benzene rings is 1. The minimum atomic E-state index is -3.42. The van der Waals surface area contributed by atoms with Crippen molar-refractivity contribution in [1.82, 2.24) is 4.31 Å². The predicted octanol–water partition coefficient (Wildman–Crippen LogP) is 2.13. The number of sulfonamides is 1. The van der Waals surface area contributed by atoms with Crippen molar-refractivity contribution in [2.75, 3.05) is 33.4 Å². The second kappa shape index (κ2) is 7.24. The lowest BCUT2D eigenvalue weighted by molar-refractivity contribution is 0.0864. The summed E-state index contributed by atoms with van der Waals surface area (Å²) in [7, 11) is -1.86. The Morgan fingerprint density at radius 2 is 2.00 bits per heavy atom. The second-order valence-electron chi connectivity index (χ2n) is 5.21. The van der Waals surface area contributed by atoms with Crippen LogP contribution in [0.3, 0.4) is 0 Å². The molecular formula is C15H23NO4S. The Hall–Kier alpha value is -1.11. The van der Waals surface area contributed by atoms with E-state index in [9.17, 15) is 8.42 Å². The Bertz CT molecular complexity index is 541. The van der Waals surface area contributed by atoms with Crippen molar-refractivity contribution in [3.05, 3.63) is 24.3 Å². The molecule has 2 rings (SSSR count). The molecule has 1 aliphatic rings. The van der Waals surface area contributed by atoms with E-state index in [2.05, 4.69) is 0 Å². The minimum Gasteiger partial charge on any atom is -0.497 e. The Morgan fingerprint density at radius 3 is 2.62 bits per heavy atom. The molecule has 0 N–H and O–H groups in total. The molecule has 0 aromatic heterocycles. The van der Waals surface area contributed by atoms with Crippen molar-refractivity contribution < 1.29 is 17.9 Å². The highest BCUT2D eigenvalue weighted by atomic mass is 32.2. The summed E-state index contributed by atoms with van der Waals surface area (Å²) in [4.78, 5) is 0.320. The van der Waals surface area contributed by atoms with Crippen LogP contribution in [0.25, 0.3) is 0 Å². The largest absolute Gasteiger partial charge is 0.497 e. The van der Waals surface area contributed by atoms with Crippen LogP contribution in [-0.2, 0) is 14.8 Å². The first-order valence-corrected chi connectivity index (χ1v) is 8.74. The maximum Gasteiger partial charge on any atom is 0.243 e. The second-order valence-corrected chi connectivity index (χ2v) is 7.14. The molecule has 0 aliphatic carbocycles. The van der Waals surface area contributed by atoms with Gasteiger partial charge in [-0.25, -0.2) is 8.42 Å². The van der Waals surface area contributed by atoms with Gasteiger partial charge in [0, 0.05) is 19.7 Å². The maximum absolute atomic E-state index is 12.7. The molecule has 21 heavy (non-hydrogen) atoms. The summed E-state index contributed by atoms with van der Waals surface area (Å²) in [6.45, 7) is 4.37. The smallest absolute Gasteiger partial charge is 0.243 e. The van der Waals surface area contributed by atoms with Crippen LogP contribution in [0.4, 0.5) is 0 Å². The SMILES string of the molecule is CCOCC1CCCN(S(=O)(=O)c2ccc(OC)cc2)C1. The predicted molar refractivity (Wildman–Crippen MR) is 81.0 cm³/mol. The molecule has 1 aliphatic heterocycles. The monoisotopic (exact) mass is 313 g/mol. The van der Waals surface area contributed by atoms with Gasteiger partial charge < -0.3 is 9.47 Å². The van der Waals surface area contributed by atoms with E-state index in [-0.39, 0.29) is 5.92 Å². The zero-order valence-electron chi connectivity index (χ0n) is 12.6. The van der Waals surface area contributed by atoms with Gasteiger partial charge in [-0.2, -0.15) is 4.31 Å². The van der Waals surface area contributed by atoms with Crippen LogP contribution in [0.5, 0.6) is 5.75 Å². The highest BCUT2D eigenvalue weighted by Gasteiger charge is 2.30. The quantitative estimate of drug-likeness (QED) is 0.807. The fraction of sp³-hybridized carbons (Fsp3) is 0.600. The standard InChI is InChI=1S/C15H23NO4S/c1-3-20-12-13-5-4-10-16(11-13)21(17,18)15-8-6-14(19-2)7-9-15/h6-9,13H,3-5,10-12H2,1-2H3. The molecule has 0 radical (unpaired) electrons. The van der Waals surface area contributed by atoms with Crippen LogP contribution in [0.15, 0.2) is 29.2 Å². The van der Waals surface area contributed by atoms with Gasteiger partial charge in [0.2, 0.25) is 10.0 Å². The molecule has 0 spiro atoms. The van der Waals surface area contributed by atoms with E-state index in [1.54, 1.807) is 35.7 Å². The lowest BCUT2D eigenvalue weighted by atomic mass is 10.0. The molecule has 1 saturated heterocycles. The van der Waals surface area contributed by atoms with E-state index in [1.165, 1.54) is 0 Å². The molecule has 1 unspecified atom stereocenters. The molecule has 1 aromatic rings. The average molecular weight is 313 g/mol. The number of ether oxygens (including phenoxy) is 2. The zero-order chi connectivity index (χ0) is 15.3. The van der Waals surface area contributed by atoms with Gasteiger partial charge in [-0.1, -0.05) is 0 Å².